The van der Waals surface area contributed by atoms with Gasteiger partial charge in [-0.3, -0.25) is 4.79 Å². The van der Waals surface area contributed by atoms with E-state index < -0.39 is 0 Å². The molecular weight excluding hydrogens is 150 g/mol. The molecule has 1 rings (SSSR count). The molecule has 59 valence electrons. The molecule has 2 nitrogen and oxygen atoms in total. The highest BCUT2D eigenvalue weighted by atomic mass is 16.1. The second kappa shape index (κ2) is 3.68. The summed E-state index contributed by atoms with van der Waals surface area (Å²) in [6.07, 6.45) is 0.231. The lowest BCUT2D eigenvalue weighted by atomic mass is 10.1. The minimum absolute atomic E-state index is 0.0351. The number of rotatable bonds is 2. The van der Waals surface area contributed by atoms with E-state index in [0.29, 0.717) is 11.1 Å². The molecule has 12 heavy (non-hydrogen) atoms. The quantitative estimate of drug-likeness (QED) is 0.617. The molecule has 1 aromatic rings. The summed E-state index contributed by atoms with van der Waals surface area (Å²) in [6.45, 7) is 3.49. The van der Waals surface area contributed by atoms with Gasteiger partial charge in [-0.2, -0.15) is 5.26 Å². The molecule has 0 spiro atoms. The van der Waals surface area contributed by atoms with Crippen LogP contribution in [0.4, 0.5) is 0 Å². The van der Waals surface area contributed by atoms with Crippen molar-refractivity contribution in [2.75, 3.05) is 0 Å². The third kappa shape index (κ3) is 1.70. The smallest absolute Gasteiger partial charge is 0.162 e. The Labute approximate surface area is 71.4 Å². The molecule has 0 saturated carbocycles. The van der Waals surface area contributed by atoms with E-state index >= 15 is 0 Å². The van der Waals surface area contributed by atoms with Crippen molar-refractivity contribution in [3.05, 3.63) is 42.3 Å². The second-order valence-corrected chi connectivity index (χ2v) is 2.37. The summed E-state index contributed by atoms with van der Waals surface area (Å²) in [6, 6.07) is 8.60. The number of hydrogen-bond acceptors (Lipinski definition) is 2. The van der Waals surface area contributed by atoms with Gasteiger partial charge in [-0.15, -0.1) is 0 Å². The summed E-state index contributed by atoms with van der Waals surface area (Å²) < 4.78 is 0. The van der Waals surface area contributed by atoms with Gasteiger partial charge in [0.2, 0.25) is 0 Å². The first-order valence-electron chi connectivity index (χ1n) is 3.60. The zero-order chi connectivity index (χ0) is 8.97. The first-order chi connectivity index (χ1) is 5.77. The Morgan fingerprint density at radius 1 is 1.58 bits per heavy atom. The molecule has 0 unspecified atom stereocenters. The standard InChI is InChI=1S/C10H8NO/c1-2-10(12)9-5-3-4-8(6-9)7-11/h3-6H,1-2H2. The van der Waals surface area contributed by atoms with E-state index in [2.05, 4.69) is 6.92 Å². The average molecular weight is 158 g/mol. The largest absolute Gasteiger partial charge is 0.294 e. The zero-order valence-electron chi connectivity index (χ0n) is 6.58. The number of Topliss-reactive ketones (excluding diaryl/α,β-unsaturated/α-hetero) is 1. The predicted octanol–water partition coefficient (Wildman–Crippen LogP) is 1.97. The number of carbonyl (C=O) groups is 1. The molecule has 2 heteroatoms. The normalized spacial score (nSPS) is 9.00. The Balaban J connectivity index is 3.04. The summed E-state index contributed by atoms with van der Waals surface area (Å²) in [7, 11) is 0. The van der Waals surface area contributed by atoms with Crippen LogP contribution in [0.3, 0.4) is 0 Å². The fourth-order valence-electron chi connectivity index (χ4n) is 0.907. The van der Waals surface area contributed by atoms with Gasteiger partial charge in [-0.25, -0.2) is 0 Å². The molecule has 0 aliphatic carbocycles. The van der Waals surface area contributed by atoms with Crippen LogP contribution in [0.25, 0.3) is 0 Å². The third-order valence-electron chi connectivity index (χ3n) is 1.54. The molecular formula is C10H8NO. The summed E-state index contributed by atoms with van der Waals surface area (Å²) >= 11 is 0. The van der Waals surface area contributed by atoms with Crippen LogP contribution in [0.5, 0.6) is 0 Å². The van der Waals surface area contributed by atoms with Crippen LogP contribution in [-0.4, -0.2) is 5.78 Å². The maximum Gasteiger partial charge on any atom is 0.162 e. The van der Waals surface area contributed by atoms with Gasteiger partial charge in [0.25, 0.3) is 0 Å². The summed E-state index contributed by atoms with van der Waals surface area (Å²) in [5.74, 6) is -0.0351. The fraction of sp³-hybridized carbons (Fsp3) is 0.100. The van der Waals surface area contributed by atoms with E-state index in [1.807, 2.05) is 6.07 Å². The van der Waals surface area contributed by atoms with Crippen LogP contribution >= 0.6 is 0 Å². The van der Waals surface area contributed by atoms with E-state index in [1.54, 1.807) is 24.3 Å². The van der Waals surface area contributed by atoms with Crippen molar-refractivity contribution < 1.29 is 4.79 Å². The van der Waals surface area contributed by atoms with Crippen LogP contribution in [0.1, 0.15) is 22.3 Å². The highest BCUT2D eigenvalue weighted by Crippen LogP contribution is 2.06. The fourth-order valence-corrected chi connectivity index (χ4v) is 0.907. The minimum atomic E-state index is -0.0351. The van der Waals surface area contributed by atoms with Gasteiger partial charge < -0.3 is 0 Å². The maximum absolute atomic E-state index is 11.1. The summed E-state index contributed by atoms with van der Waals surface area (Å²) in [4.78, 5) is 11.1. The van der Waals surface area contributed by atoms with Crippen LogP contribution < -0.4 is 0 Å². The Kier molecular flexibility index (Phi) is 2.60. The number of nitrogens with zero attached hydrogens (tertiary/aromatic N) is 1. The lowest BCUT2D eigenvalue weighted by molar-refractivity contribution is 0.0995. The molecule has 0 saturated heterocycles. The Bertz CT molecular complexity index is 336. The van der Waals surface area contributed by atoms with Gasteiger partial charge in [0.05, 0.1) is 11.6 Å². The summed E-state index contributed by atoms with van der Waals surface area (Å²) in [5.41, 5.74) is 1.07. The minimum Gasteiger partial charge on any atom is -0.294 e. The molecule has 0 bridgehead atoms. The molecule has 0 aliphatic rings. The lowest BCUT2D eigenvalue weighted by Gasteiger charge is -1.96. The van der Waals surface area contributed by atoms with E-state index in [9.17, 15) is 4.79 Å². The van der Waals surface area contributed by atoms with E-state index in [4.69, 9.17) is 5.26 Å². The van der Waals surface area contributed by atoms with Gasteiger partial charge in [0, 0.05) is 12.0 Å². The van der Waals surface area contributed by atoms with Crippen LogP contribution in [-0.2, 0) is 0 Å². The molecule has 0 atom stereocenters. The average Bonchev–Trinajstić information content (AvgIpc) is 2.17. The van der Waals surface area contributed by atoms with Gasteiger partial charge >= 0.3 is 0 Å². The number of benzene rings is 1. The Hall–Kier alpha value is -1.62. The molecule has 0 N–H and O–H groups in total. The first kappa shape index (κ1) is 8.48. The number of carbonyl (C=O) groups excluding carboxylic acids is 1. The molecule has 1 aromatic carbocycles. The molecule has 0 fully saturated rings. The summed E-state index contributed by atoms with van der Waals surface area (Å²) in [5, 5.41) is 8.54. The number of hydrogen-bond donors (Lipinski definition) is 0. The van der Waals surface area contributed by atoms with Gasteiger partial charge in [-0.1, -0.05) is 12.1 Å². The van der Waals surface area contributed by atoms with Gasteiger partial charge in [0.1, 0.15) is 0 Å². The van der Waals surface area contributed by atoms with Crippen molar-refractivity contribution in [1.82, 2.24) is 0 Å². The topological polar surface area (TPSA) is 40.9 Å². The SMILES string of the molecule is [CH2]CC(=O)c1cccc(C#N)c1. The number of ketones is 1. The monoisotopic (exact) mass is 158 g/mol. The highest BCUT2D eigenvalue weighted by molar-refractivity contribution is 5.96. The van der Waals surface area contributed by atoms with Gasteiger partial charge in [-0.05, 0) is 19.1 Å². The molecule has 0 amide bonds. The van der Waals surface area contributed by atoms with Crippen LogP contribution in [0.15, 0.2) is 24.3 Å². The van der Waals surface area contributed by atoms with E-state index in [0.717, 1.165) is 0 Å². The van der Waals surface area contributed by atoms with Crippen molar-refractivity contribution in [3.63, 3.8) is 0 Å². The molecule has 0 aromatic heterocycles. The molecule has 1 radical (unpaired) electrons. The van der Waals surface area contributed by atoms with Gasteiger partial charge in [0.15, 0.2) is 5.78 Å². The van der Waals surface area contributed by atoms with E-state index in [1.165, 1.54) is 0 Å². The Morgan fingerprint density at radius 3 is 2.92 bits per heavy atom. The second-order valence-electron chi connectivity index (χ2n) is 2.37. The first-order valence-corrected chi connectivity index (χ1v) is 3.60. The lowest BCUT2D eigenvalue weighted by Crippen LogP contribution is -1.96. The van der Waals surface area contributed by atoms with Crippen molar-refractivity contribution in [3.8, 4) is 6.07 Å². The van der Waals surface area contributed by atoms with Crippen LogP contribution in [0, 0.1) is 18.3 Å². The molecule has 0 aliphatic heterocycles. The van der Waals surface area contributed by atoms with Crippen molar-refractivity contribution in [1.29, 1.82) is 5.26 Å². The van der Waals surface area contributed by atoms with E-state index in [-0.39, 0.29) is 12.2 Å². The number of nitriles is 1. The third-order valence-corrected chi connectivity index (χ3v) is 1.54. The zero-order valence-corrected chi connectivity index (χ0v) is 6.58. The van der Waals surface area contributed by atoms with Crippen LogP contribution in [0.2, 0.25) is 0 Å². The maximum atomic E-state index is 11.1. The molecule has 0 heterocycles. The van der Waals surface area contributed by atoms with Crippen molar-refractivity contribution in [2.24, 2.45) is 0 Å². The van der Waals surface area contributed by atoms with Crippen molar-refractivity contribution in [2.45, 2.75) is 6.42 Å². The highest BCUT2D eigenvalue weighted by Gasteiger charge is 2.02. The van der Waals surface area contributed by atoms with Crippen molar-refractivity contribution >= 4 is 5.78 Å². The Morgan fingerprint density at radius 2 is 2.33 bits per heavy atom. The predicted molar refractivity (Wildman–Crippen MR) is 45.5 cm³/mol.